The Hall–Kier alpha value is -4.02. The zero-order valence-electron chi connectivity index (χ0n) is 15.7. The predicted molar refractivity (Wildman–Crippen MR) is 116 cm³/mol. The molecule has 0 amide bonds. The Morgan fingerprint density at radius 3 is 2.90 bits per heavy atom. The van der Waals surface area contributed by atoms with Gasteiger partial charge < -0.3 is 4.98 Å². The molecule has 0 unspecified atom stereocenters. The summed E-state index contributed by atoms with van der Waals surface area (Å²) in [5.74, 6) is 0.488. The maximum atomic E-state index is 12.4. The van der Waals surface area contributed by atoms with Crippen molar-refractivity contribution >= 4 is 39.2 Å². The van der Waals surface area contributed by atoms with Crippen LogP contribution in [0.15, 0.2) is 59.8 Å². The van der Waals surface area contributed by atoms with E-state index >= 15 is 0 Å². The second kappa shape index (κ2) is 6.79. The molecular weight excluding hydrogens is 400 g/mol. The molecule has 0 aliphatic rings. The van der Waals surface area contributed by atoms with Gasteiger partial charge in [-0.05, 0) is 36.8 Å². The van der Waals surface area contributed by atoms with Crippen LogP contribution < -0.4 is 5.43 Å². The van der Waals surface area contributed by atoms with Gasteiger partial charge in [0.15, 0.2) is 11.2 Å². The van der Waals surface area contributed by atoms with Crippen LogP contribution in [0.4, 0.5) is 5.69 Å². The second-order valence-electron chi connectivity index (χ2n) is 6.79. The number of aromatic nitrogens is 5. The highest BCUT2D eigenvalue weighted by molar-refractivity contribution is 6.35. The molecule has 0 aliphatic heterocycles. The SMILES string of the molecule is [C-]#[N+]c1cn(-c2nc3[nH]ccc(=O)c3cc2-c2cc(Cl)c3ncccc3c2)nc1C. The Kier molecular flexibility index (Phi) is 4.09. The van der Waals surface area contributed by atoms with Crippen molar-refractivity contribution in [2.24, 2.45) is 0 Å². The lowest BCUT2D eigenvalue weighted by atomic mass is 10.0. The molecule has 0 fully saturated rings. The normalized spacial score (nSPS) is 11.1. The summed E-state index contributed by atoms with van der Waals surface area (Å²) in [6, 6.07) is 10.7. The Balaban J connectivity index is 1.87. The number of hydrogen-bond donors (Lipinski definition) is 1. The number of hydrogen-bond acceptors (Lipinski definition) is 4. The van der Waals surface area contributed by atoms with E-state index in [1.54, 1.807) is 42.3 Å². The van der Waals surface area contributed by atoms with Crippen molar-refractivity contribution in [3.63, 3.8) is 0 Å². The molecule has 30 heavy (non-hydrogen) atoms. The summed E-state index contributed by atoms with van der Waals surface area (Å²) < 4.78 is 1.56. The van der Waals surface area contributed by atoms with Gasteiger partial charge in [-0.1, -0.05) is 17.7 Å². The summed E-state index contributed by atoms with van der Waals surface area (Å²) in [5, 5.41) is 6.27. The van der Waals surface area contributed by atoms with Crippen LogP contribution in [0.5, 0.6) is 0 Å². The van der Waals surface area contributed by atoms with E-state index in [2.05, 4.69) is 24.9 Å². The van der Waals surface area contributed by atoms with Crippen molar-refractivity contribution < 1.29 is 0 Å². The molecule has 8 heteroatoms. The summed E-state index contributed by atoms with van der Waals surface area (Å²) in [6.07, 6.45) is 4.87. The van der Waals surface area contributed by atoms with Gasteiger partial charge in [0.1, 0.15) is 5.65 Å². The third kappa shape index (κ3) is 2.82. The molecule has 5 aromatic rings. The molecular formula is C22H13ClN6O. The molecule has 7 nitrogen and oxygen atoms in total. The van der Waals surface area contributed by atoms with Gasteiger partial charge in [-0.25, -0.2) is 14.5 Å². The Labute approximate surface area is 175 Å². The molecule has 0 aliphatic carbocycles. The molecule has 0 saturated carbocycles. The number of nitrogens with zero attached hydrogens (tertiary/aromatic N) is 5. The molecule has 4 heterocycles. The lowest BCUT2D eigenvalue weighted by molar-refractivity contribution is 0.838. The van der Waals surface area contributed by atoms with E-state index < -0.39 is 0 Å². The number of fused-ring (bicyclic) bond motifs is 2. The first-order chi connectivity index (χ1) is 14.5. The second-order valence-corrected chi connectivity index (χ2v) is 7.19. The predicted octanol–water partition coefficient (Wildman–Crippen LogP) is 4.84. The smallest absolute Gasteiger partial charge is 0.227 e. The fourth-order valence-electron chi connectivity index (χ4n) is 3.45. The summed E-state index contributed by atoms with van der Waals surface area (Å²) in [7, 11) is 0. The van der Waals surface area contributed by atoms with Crippen LogP contribution in [0.1, 0.15) is 5.69 Å². The molecule has 0 radical (unpaired) electrons. The number of aromatic amines is 1. The number of pyridine rings is 3. The standard InChI is InChI=1S/C22H13ClN6O/c1-12-18(24-2)11-29(28-12)22-15(10-16-19(30)5-7-26-21(16)27-22)14-8-13-4-3-6-25-20(13)17(23)9-14/h3-11H,1H3,(H,26,27,30). The minimum atomic E-state index is -0.143. The van der Waals surface area contributed by atoms with E-state index in [-0.39, 0.29) is 5.43 Å². The fraction of sp³-hybridized carbons (Fsp3) is 0.0455. The van der Waals surface area contributed by atoms with Crippen LogP contribution in [0, 0.1) is 13.5 Å². The Morgan fingerprint density at radius 2 is 2.10 bits per heavy atom. The topological polar surface area (TPSA) is 80.8 Å². The largest absolute Gasteiger partial charge is 0.346 e. The molecule has 144 valence electrons. The lowest BCUT2D eigenvalue weighted by Gasteiger charge is -2.12. The molecule has 0 atom stereocenters. The van der Waals surface area contributed by atoms with Crippen LogP contribution in [-0.4, -0.2) is 24.7 Å². The highest BCUT2D eigenvalue weighted by atomic mass is 35.5. The lowest BCUT2D eigenvalue weighted by Crippen LogP contribution is -2.07. The maximum absolute atomic E-state index is 12.4. The van der Waals surface area contributed by atoms with E-state index in [1.807, 2.05) is 18.2 Å². The number of benzene rings is 1. The van der Waals surface area contributed by atoms with Gasteiger partial charge in [0, 0.05) is 35.6 Å². The first-order valence-corrected chi connectivity index (χ1v) is 9.44. The van der Waals surface area contributed by atoms with Crippen molar-refractivity contribution in [3.05, 3.63) is 87.3 Å². The van der Waals surface area contributed by atoms with Gasteiger partial charge >= 0.3 is 0 Å². The minimum absolute atomic E-state index is 0.143. The first kappa shape index (κ1) is 18.0. The number of rotatable bonds is 2. The third-order valence-corrected chi connectivity index (χ3v) is 5.19. The fourth-order valence-corrected chi connectivity index (χ4v) is 3.72. The van der Waals surface area contributed by atoms with Gasteiger partial charge in [-0.2, -0.15) is 5.10 Å². The van der Waals surface area contributed by atoms with E-state index in [4.69, 9.17) is 18.2 Å². The van der Waals surface area contributed by atoms with Gasteiger partial charge in [0.2, 0.25) is 5.69 Å². The summed E-state index contributed by atoms with van der Waals surface area (Å²) in [6.45, 7) is 9.10. The van der Waals surface area contributed by atoms with E-state index in [9.17, 15) is 4.79 Å². The minimum Gasteiger partial charge on any atom is -0.346 e. The summed E-state index contributed by atoms with van der Waals surface area (Å²) in [5.41, 5.74) is 3.46. The number of nitrogens with one attached hydrogen (secondary N) is 1. The van der Waals surface area contributed by atoms with E-state index in [0.717, 1.165) is 10.9 Å². The highest BCUT2D eigenvalue weighted by Gasteiger charge is 2.17. The molecule has 1 N–H and O–H groups in total. The summed E-state index contributed by atoms with van der Waals surface area (Å²) >= 11 is 6.50. The monoisotopic (exact) mass is 412 g/mol. The van der Waals surface area contributed by atoms with Gasteiger partial charge in [-0.3, -0.25) is 9.78 Å². The van der Waals surface area contributed by atoms with Gasteiger partial charge in [-0.15, -0.1) is 0 Å². The molecule has 0 spiro atoms. The van der Waals surface area contributed by atoms with Gasteiger partial charge in [0.05, 0.1) is 28.2 Å². The van der Waals surface area contributed by atoms with Crippen molar-refractivity contribution in [2.45, 2.75) is 6.92 Å². The first-order valence-electron chi connectivity index (χ1n) is 9.06. The van der Waals surface area contributed by atoms with E-state index in [1.165, 1.54) is 6.07 Å². The van der Waals surface area contributed by atoms with Crippen LogP contribution in [-0.2, 0) is 0 Å². The van der Waals surface area contributed by atoms with Crippen LogP contribution in [0.25, 0.3) is 43.7 Å². The van der Waals surface area contributed by atoms with Crippen LogP contribution in [0.2, 0.25) is 5.02 Å². The maximum Gasteiger partial charge on any atom is 0.227 e. The number of aryl methyl sites for hydroxylation is 1. The van der Waals surface area contributed by atoms with Crippen LogP contribution in [0.3, 0.4) is 0 Å². The average molecular weight is 413 g/mol. The average Bonchev–Trinajstić information content (AvgIpc) is 3.14. The number of halogens is 1. The van der Waals surface area contributed by atoms with Crippen molar-refractivity contribution in [1.29, 1.82) is 0 Å². The molecule has 4 aromatic heterocycles. The quantitative estimate of drug-likeness (QED) is 0.421. The van der Waals surface area contributed by atoms with Crippen molar-refractivity contribution in [1.82, 2.24) is 24.7 Å². The van der Waals surface area contributed by atoms with Gasteiger partial charge in [0.25, 0.3) is 0 Å². The molecule has 0 bridgehead atoms. The zero-order valence-corrected chi connectivity index (χ0v) is 16.5. The Bertz CT molecular complexity index is 1560. The molecule has 1 aromatic carbocycles. The molecule has 0 saturated heterocycles. The van der Waals surface area contributed by atoms with E-state index in [0.29, 0.717) is 44.3 Å². The van der Waals surface area contributed by atoms with Crippen molar-refractivity contribution in [2.75, 3.05) is 0 Å². The third-order valence-electron chi connectivity index (χ3n) is 4.90. The Morgan fingerprint density at radius 1 is 1.23 bits per heavy atom. The number of H-pyrrole nitrogens is 1. The van der Waals surface area contributed by atoms with Crippen LogP contribution >= 0.6 is 11.6 Å². The highest BCUT2D eigenvalue weighted by Crippen LogP contribution is 2.34. The zero-order chi connectivity index (χ0) is 20.8. The van der Waals surface area contributed by atoms with Crippen molar-refractivity contribution in [3.8, 4) is 16.9 Å². The summed E-state index contributed by atoms with van der Waals surface area (Å²) in [4.78, 5) is 27.9. The molecule has 5 rings (SSSR count).